The summed E-state index contributed by atoms with van der Waals surface area (Å²) in [6, 6.07) is 0. The van der Waals surface area contributed by atoms with Crippen LogP contribution in [-0.4, -0.2) is 19.1 Å². The summed E-state index contributed by atoms with van der Waals surface area (Å²) in [5.41, 5.74) is 7.69. The third-order valence-corrected chi connectivity index (χ3v) is 0.179. The largest absolute Gasteiger partial charge is 0.283 e. The average Bonchev–Trinajstić information content (AvgIpc) is 1.38. The number of nitrogens with zero attached hydrogens (tertiary/aromatic N) is 3. The van der Waals surface area contributed by atoms with E-state index in [1.165, 1.54) is 5.01 Å². The third kappa shape index (κ3) is 3.40. The van der Waals surface area contributed by atoms with E-state index in [0.717, 1.165) is 0 Å². The van der Waals surface area contributed by atoms with Crippen molar-refractivity contribution in [2.45, 2.75) is 0 Å². The zero-order valence-corrected chi connectivity index (χ0v) is 3.34. The van der Waals surface area contributed by atoms with Gasteiger partial charge >= 0.3 is 0 Å². The molecule has 29 valence electrons. The van der Waals surface area contributed by atoms with E-state index in [1.54, 1.807) is 14.1 Å². The topological polar surface area (TPSA) is 37.9 Å². The van der Waals surface area contributed by atoms with Crippen LogP contribution in [0.25, 0.3) is 0 Å². The van der Waals surface area contributed by atoms with Crippen LogP contribution in [0.15, 0.2) is 5.22 Å². The lowest BCUT2D eigenvalue weighted by Crippen LogP contribution is -1.98. The van der Waals surface area contributed by atoms with E-state index < -0.39 is 0 Å². The molecule has 0 unspecified atom stereocenters. The molecule has 0 aromatic heterocycles. The van der Waals surface area contributed by atoms with Crippen LogP contribution in [0.3, 0.4) is 0 Å². The Hall–Kier alpha value is -0.600. The van der Waals surface area contributed by atoms with Gasteiger partial charge in [0.1, 0.15) is 0 Å². The first-order valence-corrected chi connectivity index (χ1v) is 1.29. The van der Waals surface area contributed by atoms with E-state index in [1.807, 2.05) is 0 Å². The average molecular weight is 72.1 g/mol. The molecule has 3 nitrogen and oxygen atoms in total. The first-order chi connectivity index (χ1) is 2.27. The Bertz CT molecular complexity index is 31.9. The molecule has 0 saturated heterocycles. The van der Waals surface area contributed by atoms with Gasteiger partial charge in [-0.25, -0.2) is 0 Å². The summed E-state index contributed by atoms with van der Waals surface area (Å²) in [7, 11) is 3.28. The van der Waals surface area contributed by atoms with Crippen molar-refractivity contribution >= 4 is 0 Å². The van der Waals surface area contributed by atoms with Gasteiger partial charge in [-0.3, -0.25) is 5.01 Å². The van der Waals surface area contributed by atoms with Crippen molar-refractivity contribution in [3.05, 3.63) is 0 Å². The maximum Gasteiger partial charge on any atom is 0.0262 e. The fourth-order valence-electron chi connectivity index (χ4n) is 0. The predicted molar refractivity (Wildman–Crippen MR) is 18.2 cm³/mol. The van der Waals surface area contributed by atoms with Crippen LogP contribution < -0.4 is 5.53 Å². The van der Waals surface area contributed by atoms with Crippen molar-refractivity contribution < 1.29 is 0 Å². The first-order valence-electron chi connectivity index (χ1n) is 1.29. The summed E-state index contributed by atoms with van der Waals surface area (Å²) < 4.78 is 0. The first kappa shape index (κ1) is 4.40. The van der Waals surface area contributed by atoms with Crippen LogP contribution in [0.1, 0.15) is 0 Å². The number of hydrogen-bond acceptors (Lipinski definition) is 1. The van der Waals surface area contributed by atoms with Gasteiger partial charge in [-0.15, -0.1) is 0 Å². The van der Waals surface area contributed by atoms with Crippen LogP contribution in [0.2, 0.25) is 0 Å². The molecule has 0 heterocycles. The van der Waals surface area contributed by atoms with Crippen molar-refractivity contribution in [1.82, 2.24) is 10.5 Å². The predicted octanol–water partition coefficient (Wildman–Crippen LogP) is -0.285. The standard InChI is InChI=1S/C2H6N3/c1-5(2)4-3/h1-2H3. The minimum absolute atomic E-state index is 1.31. The van der Waals surface area contributed by atoms with Gasteiger partial charge in [0.05, 0.1) is 0 Å². The second kappa shape index (κ2) is 1.69. The lowest BCUT2D eigenvalue weighted by molar-refractivity contribution is 0.409. The van der Waals surface area contributed by atoms with E-state index in [9.17, 15) is 0 Å². The Morgan fingerprint density at radius 3 is 1.80 bits per heavy atom. The van der Waals surface area contributed by atoms with Crippen molar-refractivity contribution in [1.29, 1.82) is 0 Å². The molecular formula is C2H6N3. The van der Waals surface area contributed by atoms with Crippen LogP contribution >= 0.6 is 0 Å². The highest BCUT2D eigenvalue weighted by atomic mass is 15.5. The van der Waals surface area contributed by atoms with Gasteiger partial charge in [-0.2, -0.15) is 0 Å². The van der Waals surface area contributed by atoms with Gasteiger partial charge in [0.2, 0.25) is 0 Å². The van der Waals surface area contributed by atoms with Crippen molar-refractivity contribution in [2.75, 3.05) is 14.1 Å². The highest BCUT2D eigenvalue weighted by Gasteiger charge is 1.66. The molecule has 0 N–H and O–H groups in total. The van der Waals surface area contributed by atoms with Crippen molar-refractivity contribution in [2.24, 2.45) is 5.22 Å². The maximum atomic E-state index is 7.69. The Morgan fingerprint density at radius 1 is 1.60 bits per heavy atom. The maximum absolute atomic E-state index is 7.69. The van der Waals surface area contributed by atoms with Crippen LogP contribution in [-0.2, 0) is 0 Å². The van der Waals surface area contributed by atoms with E-state index in [0.29, 0.717) is 0 Å². The summed E-state index contributed by atoms with van der Waals surface area (Å²) >= 11 is 0. The van der Waals surface area contributed by atoms with E-state index >= 15 is 0 Å². The molecule has 0 amide bonds. The summed E-state index contributed by atoms with van der Waals surface area (Å²) in [6.45, 7) is 0. The second-order valence-corrected chi connectivity index (χ2v) is 0.937. The highest BCUT2D eigenvalue weighted by molar-refractivity contribution is 4.08. The Balaban J connectivity index is 2.83. The van der Waals surface area contributed by atoms with Gasteiger partial charge in [0.15, 0.2) is 0 Å². The Morgan fingerprint density at radius 2 is 1.80 bits per heavy atom. The molecule has 0 spiro atoms. The minimum atomic E-state index is 1.31. The molecule has 0 atom stereocenters. The molecular weight excluding hydrogens is 66.0 g/mol. The Kier molecular flexibility index (Phi) is 1.49. The van der Waals surface area contributed by atoms with E-state index in [-0.39, 0.29) is 0 Å². The summed E-state index contributed by atoms with van der Waals surface area (Å²) in [6.07, 6.45) is 0. The van der Waals surface area contributed by atoms with E-state index in [4.69, 9.17) is 5.53 Å². The molecule has 1 radical (unpaired) electrons. The molecule has 0 saturated carbocycles. The second-order valence-electron chi connectivity index (χ2n) is 0.937. The third-order valence-electron chi connectivity index (χ3n) is 0.179. The molecule has 3 heteroatoms. The quantitative estimate of drug-likeness (QED) is 0.310. The lowest BCUT2D eigenvalue weighted by atomic mass is 11.2. The minimum Gasteiger partial charge on any atom is -0.283 e. The highest BCUT2D eigenvalue weighted by Crippen LogP contribution is 1.62. The van der Waals surface area contributed by atoms with Gasteiger partial charge in [0.25, 0.3) is 0 Å². The zero-order chi connectivity index (χ0) is 4.28. The lowest BCUT2D eigenvalue weighted by Gasteiger charge is -1.93. The molecule has 0 bridgehead atoms. The summed E-state index contributed by atoms with van der Waals surface area (Å²) in [5.74, 6) is 0. The van der Waals surface area contributed by atoms with Crippen molar-refractivity contribution in [3.63, 3.8) is 0 Å². The van der Waals surface area contributed by atoms with E-state index in [2.05, 4.69) is 5.22 Å². The van der Waals surface area contributed by atoms with Crippen LogP contribution in [0, 0.1) is 0 Å². The fraction of sp³-hybridized carbons (Fsp3) is 1.00. The summed E-state index contributed by atoms with van der Waals surface area (Å²) in [4.78, 5) is 0. The molecule has 0 aromatic rings. The van der Waals surface area contributed by atoms with Crippen molar-refractivity contribution in [3.8, 4) is 0 Å². The number of hydrogen-bond donors (Lipinski definition) is 0. The van der Waals surface area contributed by atoms with Gasteiger partial charge in [-0.1, -0.05) is 5.22 Å². The summed E-state index contributed by atoms with van der Waals surface area (Å²) in [5, 5.41) is 4.03. The fourth-order valence-corrected chi connectivity index (χ4v) is 0. The molecule has 0 aliphatic heterocycles. The molecule has 0 aliphatic rings. The SMILES string of the molecule is CN(C)N=[N]. The van der Waals surface area contributed by atoms with Crippen LogP contribution in [0.5, 0.6) is 0 Å². The monoisotopic (exact) mass is 72.1 g/mol. The van der Waals surface area contributed by atoms with Gasteiger partial charge in [-0.05, 0) is 5.53 Å². The van der Waals surface area contributed by atoms with Gasteiger partial charge < -0.3 is 0 Å². The Labute approximate surface area is 31.1 Å². The van der Waals surface area contributed by atoms with Crippen LogP contribution in [0.4, 0.5) is 0 Å². The van der Waals surface area contributed by atoms with Gasteiger partial charge in [0, 0.05) is 14.1 Å². The molecule has 0 aliphatic carbocycles. The smallest absolute Gasteiger partial charge is 0.0262 e. The number of rotatable bonds is 1. The molecule has 0 fully saturated rings. The normalized spacial score (nSPS) is 6.80. The molecule has 0 rings (SSSR count). The zero-order valence-electron chi connectivity index (χ0n) is 3.34. The molecule has 0 aromatic carbocycles. The molecule has 5 heavy (non-hydrogen) atoms.